The second-order valence-electron chi connectivity index (χ2n) is 7.34. The number of benzene rings is 2. The Kier molecular flexibility index (Phi) is 7.82. The molecular formula is C23H20ClF3N4O4. The van der Waals surface area contributed by atoms with Crippen molar-refractivity contribution in [3.63, 3.8) is 0 Å². The Bertz CT molecular complexity index is 1220. The zero-order valence-corrected chi connectivity index (χ0v) is 18.7. The first-order valence-corrected chi connectivity index (χ1v) is 10.5. The molecule has 6 N–H and O–H groups in total. The normalized spacial score (nSPS) is 18.9. The van der Waals surface area contributed by atoms with Gasteiger partial charge >= 0.3 is 12.1 Å². The largest absolute Gasteiger partial charge is 0.490 e. The number of aliphatic carboxylic acids is 1. The van der Waals surface area contributed by atoms with E-state index in [0.29, 0.717) is 45.7 Å². The number of carbonyl (C=O) groups is 2. The summed E-state index contributed by atoms with van der Waals surface area (Å²) in [6, 6.07) is 14.6. The van der Waals surface area contributed by atoms with Crippen molar-refractivity contribution >= 4 is 29.2 Å². The summed E-state index contributed by atoms with van der Waals surface area (Å²) < 4.78 is 37.8. The highest BCUT2D eigenvalue weighted by atomic mass is 35.5. The van der Waals surface area contributed by atoms with Crippen molar-refractivity contribution in [3.05, 3.63) is 82.2 Å². The van der Waals surface area contributed by atoms with E-state index in [4.69, 9.17) is 37.7 Å². The topological polar surface area (TPSA) is 140 Å². The van der Waals surface area contributed by atoms with Gasteiger partial charge in [0.2, 0.25) is 0 Å². The summed E-state index contributed by atoms with van der Waals surface area (Å²) in [7, 11) is 0. The Balaban J connectivity index is 0.000000429. The minimum Gasteiger partial charge on any atom is -0.475 e. The molecule has 0 fully saturated rings. The maximum atomic E-state index is 12.7. The van der Waals surface area contributed by atoms with Gasteiger partial charge in [0.25, 0.3) is 0 Å². The van der Waals surface area contributed by atoms with Crippen LogP contribution in [0.15, 0.2) is 76.6 Å². The first kappa shape index (κ1) is 25.8. The fourth-order valence-electron chi connectivity index (χ4n) is 3.53. The molecule has 2 aliphatic rings. The standard InChI is InChI=1S/C21H19ClN4O2.C2HF3O2/c22-12-5-7-13(8-6-12)28-18-4-2-1-3-14(18)19-15(9-23)21(24)26-16-10-25-11-17(27)20(16)19;3-2(4,5)1(6)7/h1-9,19,25H,10-11,23H2,(H2,24,26);(H,6,7)/b15-9-;. The Morgan fingerprint density at radius 2 is 1.80 bits per heavy atom. The van der Waals surface area contributed by atoms with Crippen LogP contribution in [-0.2, 0) is 9.59 Å². The van der Waals surface area contributed by atoms with Crippen LogP contribution >= 0.6 is 11.6 Å². The SMILES string of the molecule is N/C=C1\C(N)=NC2=C(C(=O)CNC2)C1c1ccccc1Oc1ccc(Cl)cc1.O=C(O)C(F)(F)F. The average Bonchev–Trinajstić information content (AvgIpc) is 2.80. The van der Waals surface area contributed by atoms with E-state index in [9.17, 15) is 18.0 Å². The van der Waals surface area contributed by atoms with Gasteiger partial charge in [-0.25, -0.2) is 9.79 Å². The molecule has 8 nitrogen and oxygen atoms in total. The number of ketones is 1. The Morgan fingerprint density at radius 1 is 1.17 bits per heavy atom. The quantitative estimate of drug-likeness (QED) is 0.497. The third-order valence-electron chi connectivity index (χ3n) is 5.03. The number of aliphatic imine (C=N–C) groups is 1. The van der Waals surface area contributed by atoms with Crippen molar-refractivity contribution in [2.45, 2.75) is 12.1 Å². The maximum absolute atomic E-state index is 12.7. The van der Waals surface area contributed by atoms with Gasteiger partial charge in [-0.1, -0.05) is 29.8 Å². The van der Waals surface area contributed by atoms with Gasteiger partial charge in [0.05, 0.1) is 12.2 Å². The number of carboxylic acids is 1. The molecule has 1 atom stereocenters. The summed E-state index contributed by atoms with van der Waals surface area (Å²) in [6.07, 6.45) is -3.67. The molecule has 2 aliphatic heterocycles. The highest BCUT2D eigenvalue weighted by Gasteiger charge is 2.38. The lowest BCUT2D eigenvalue weighted by Crippen LogP contribution is -2.39. The van der Waals surface area contributed by atoms with E-state index in [1.54, 1.807) is 24.3 Å². The van der Waals surface area contributed by atoms with E-state index in [1.165, 1.54) is 6.20 Å². The van der Waals surface area contributed by atoms with Gasteiger partial charge in [-0.2, -0.15) is 13.2 Å². The molecular weight excluding hydrogens is 489 g/mol. The van der Waals surface area contributed by atoms with E-state index < -0.39 is 18.1 Å². The Morgan fingerprint density at radius 3 is 2.40 bits per heavy atom. The number of para-hydroxylation sites is 1. The minimum atomic E-state index is -5.08. The molecule has 0 aromatic heterocycles. The van der Waals surface area contributed by atoms with Crippen LogP contribution in [0.25, 0.3) is 0 Å². The fraction of sp³-hybridized carbons (Fsp3) is 0.174. The first-order chi connectivity index (χ1) is 16.5. The first-order valence-electron chi connectivity index (χ1n) is 10.1. The number of nitrogens with zero attached hydrogens (tertiary/aromatic N) is 1. The maximum Gasteiger partial charge on any atom is 0.490 e. The summed E-state index contributed by atoms with van der Waals surface area (Å²) in [6.45, 7) is 0.735. The molecule has 35 heavy (non-hydrogen) atoms. The van der Waals surface area contributed by atoms with Crippen molar-refractivity contribution in [2.24, 2.45) is 16.5 Å². The molecule has 0 saturated carbocycles. The van der Waals surface area contributed by atoms with Crippen molar-refractivity contribution in [1.82, 2.24) is 5.32 Å². The highest BCUT2D eigenvalue weighted by molar-refractivity contribution is 6.30. The molecule has 0 radical (unpaired) electrons. The lowest BCUT2D eigenvalue weighted by atomic mass is 9.78. The van der Waals surface area contributed by atoms with Crippen molar-refractivity contribution < 1.29 is 32.6 Å². The van der Waals surface area contributed by atoms with Crippen LogP contribution in [0.1, 0.15) is 11.5 Å². The van der Waals surface area contributed by atoms with Gasteiger partial charge in [0.1, 0.15) is 17.3 Å². The zero-order chi connectivity index (χ0) is 25.8. The number of rotatable bonds is 3. The molecule has 2 heterocycles. The molecule has 4 rings (SSSR count). The molecule has 1 unspecified atom stereocenters. The van der Waals surface area contributed by atoms with Crippen molar-refractivity contribution in [1.29, 1.82) is 0 Å². The molecule has 0 bridgehead atoms. The highest BCUT2D eigenvalue weighted by Crippen LogP contribution is 2.43. The van der Waals surface area contributed by atoms with Crippen LogP contribution < -0.4 is 21.5 Å². The lowest BCUT2D eigenvalue weighted by molar-refractivity contribution is -0.192. The molecule has 184 valence electrons. The summed E-state index contributed by atoms with van der Waals surface area (Å²) in [5.74, 6) is -1.66. The Labute approximate surface area is 202 Å². The number of amidine groups is 1. The summed E-state index contributed by atoms with van der Waals surface area (Å²) >= 11 is 5.96. The zero-order valence-electron chi connectivity index (χ0n) is 18.0. The number of nitrogens with two attached hydrogens (primary N) is 2. The number of carbonyl (C=O) groups excluding carboxylic acids is 1. The molecule has 0 saturated heterocycles. The number of carboxylic acid groups (broad SMARTS) is 1. The van der Waals surface area contributed by atoms with E-state index in [0.717, 1.165) is 5.56 Å². The van der Waals surface area contributed by atoms with Crippen LogP contribution in [0.4, 0.5) is 13.2 Å². The van der Waals surface area contributed by atoms with Crippen LogP contribution in [0.5, 0.6) is 11.5 Å². The number of halogens is 4. The molecule has 0 amide bonds. The smallest absolute Gasteiger partial charge is 0.475 e. The molecule has 0 spiro atoms. The summed E-state index contributed by atoms with van der Waals surface area (Å²) in [5.41, 5.74) is 14.7. The average molecular weight is 509 g/mol. The van der Waals surface area contributed by atoms with Gasteiger partial charge in [0.15, 0.2) is 5.78 Å². The second kappa shape index (κ2) is 10.6. The van der Waals surface area contributed by atoms with E-state index in [1.807, 2.05) is 24.3 Å². The van der Waals surface area contributed by atoms with Gasteiger partial charge in [-0.05, 0) is 30.3 Å². The predicted molar refractivity (Wildman–Crippen MR) is 123 cm³/mol. The van der Waals surface area contributed by atoms with E-state index in [-0.39, 0.29) is 12.3 Å². The minimum absolute atomic E-state index is 0.0249. The number of Topliss-reactive ketones (excluding diaryl/α,β-unsaturated/α-hetero) is 1. The number of hydrogen-bond donors (Lipinski definition) is 4. The number of hydrogen-bond acceptors (Lipinski definition) is 7. The van der Waals surface area contributed by atoms with Crippen LogP contribution in [0.2, 0.25) is 5.02 Å². The predicted octanol–water partition coefficient (Wildman–Crippen LogP) is 3.49. The van der Waals surface area contributed by atoms with Crippen LogP contribution in [0.3, 0.4) is 0 Å². The van der Waals surface area contributed by atoms with Gasteiger partial charge in [-0.3, -0.25) is 4.79 Å². The van der Waals surface area contributed by atoms with Crippen LogP contribution in [0, 0.1) is 0 Å². The van der Waals surface area contributed by atoms with E-state index >= 15 is 0 Å². The van der Waals surface area contributed by atoms with Gasteiger partial charge in [0, 0.05) is 40.4 Å². The number of alkyl halides is 3. The van der Waals surface area contributed by atoms with Gasteiger partial charge < -0.3 is 26.6 Å². The van der Waals surface area contributed by atoms with E-state index in [2.05, 4.69) is 10.3 Å². The second-order valence-corrected chi connectivity index (χ2v) is 7.77. The molecule has 2 aromatic carbocycles. The summed E-state index contributed by atoms with van der Waals surface area (Å²) in [5, 5.41) is 10.8. The van der Waals surface area contributed by atoms with Gasteiger partial charge in [-0.15, -0.1) is 0 Å². The molecule has 2 aromatic rings. The monoisotopic (exact) mass is 508 g/mol. The summed E-state index contributed by atoms with van der Waals surface area (Å²) in [4.78, 5) is 26.0. The third-order valence-corrected chi connectivity index (χ3v) is 5.29. The van der Waals surface area contributed by atoms with Crippen LogP contribution in [-0.4, -0.2) is 42.0 Å². The number of nitrogens with one attached hydrogen (secondary N) is 1. The molecule has 12 heteroatoms. The van der Waals surface area contributed by atoms with Crippen molar-refractivity contribution in [2.75, 3.05) is 13.1 Å². The molecule has 0 aliphatic carbocycles. The lowest BCUT2D eigenvalue weighted by Gasteiger charge is -2.31. The van der Waals surface area contributed by atoms with Crippen molar-refractivity contribution in [3.8, 4) is 11.5 Å². The number of ether oxygens (including phenoxy) is 1. The Hall–Kier alpha value is -3.83. The third kappa shape index (κ3) is 6.00. The fourth-order valence-corrected chi connectivity index (χ4v) is 3.66.